The van der Waals surface area contributed by atoms with Gasteiger partial charge in [-0.3, -0.25) is 5.32 Å². The van der Waals surface area contributed by atoms with Crippen molar-refractivity contribution in [3.8, 4) is 0 Å². The van der Waals surface area contributed by atoms with Crippen LogP contribution in [0.4, 0.5) is 4.39 Å². The fraction of sp³-hybridized carbons (Fsp3) is 0.333. The molecule has 0 fully saturated rings. The van der Waals surface area contributed by atoms with Gasteiger partial charge in [-0.05, 0) is 31.5 Å². The maximum atomic E-state index is 13.5. The smallest absolute Gasteiger partial charge is 0.132 e. The second-order valence-corrected chi connectivity index (χ2v) is 6.37. The maximum absolute atomic E-state index is 13.5. The van der Waals surface area contributed by atoms with Gasteiger partial charge < -0.3 is 5.11 Å². The van der Waals surface area contributed by atoms with Crippen LogP contribution in [-0.4, -0.2) is 27.5 Å². The zero-order valence-corrected chi connectivity index (χ0v) is 14.1. The van der Waals surface area contributed by atoms with E-state index in [0.717, 1.165) is 22.2 Å². The van der Waals surface area contributed by atoms with Crippen LogP contribution >= 0.6 is 11.6 Å². The molecule has 1 aliphatic carbocycles. The van der Waals surface area contributed by atoms with Crippen molar-refractivity contribution < 1.29 is 9.50 Å². The lowest BCUT2D eigenvalue weighted by Crippen LogP contribution is -2.16. The molecule has 0 radical (unpaired) electrons. The SMILES string of the molecule is CNC(O)c1cccc2c(CCC3=CC(Cl)CC(F)=C3)ncnc12. The largest absolute Gasteiger partial charge is 0.374 e. The number of nitrogens with one attached hydrogen (secondary N) is 1. The molecule has 0 saturated carbocycles. The normalized spacial score (nSPS) is 19.1. The van der Waals surface area contributed by atoms with Gasteiger partial charge in [-0.15, -0.1) is 11.6 Å². The molecule has 1 aromatic heterocycles. The minimum atomic E-state index is -0.786. The Morgan fingerprint density at radius 1 is 1.38 bits per heavy atom. The number of allylic oxidation sites excluding steroid dienone is 4. The molecule has 4 nitrogen and oxygen atoms in total. The predicted octanol–water partition coefficient (Wildman–Crippen LogP) is 3.56. The van der Waals surface area contributed by atoms with Gasteiger partial charge in [0, 0.05) is 17.4 Å². The van der Waals surface area contributed by atoms with E-state index in [9.17, 15) is 9.50 Å². The Labute approximate surface area is 145 Å². The summed E-state index contributed by atoms with van der Waals surface area (Å²) in [6, 6.07) is 5.64. The summed E-state index contributed by atoms with van der Waals surface area (Å²) in [5.41, 5.74) is 3.19. The second kappa shape index (κ2) is 7.38. The van der Waals surface area contributed by atoms with Crippen LogP contribution in [0.3, 0.4) is 0 Å². The molecule has 2 N–H and O–H groups in total. The first-order valence-electron chi connectivity index (χ1n) is 7.87. The molecule has 0 bridgehead atoms. The highest BCUT2D eigenvalue weighted by Gasteiger charge is 2.15. The van der Waals surface area contributed by atoms with Crippen molar-refractivity contribution >= 4 is 22.5 Å². The molecular weight excluding hydrogens is 329 g/mol. The van der Waals surface area contributed by atoms with Crippen LogP contribution in [0.1, 0.15) is 30.3 Å². The summed E-state index contributed by atoms with van der Waals surface area (Å²) in [6.45, 7) is 0. The van der Waals surface area contributed by atoms with Crippen molar-refractivity contribution in [3.05, 3.63) is 59.3 Å². The quantitative estimate of drug-likeness (QED) is 0.641. The van der Waals surface area contributed by atoms with E-state index in [4.69, 9.17) is 11.6 Å². The predicted molar refractivity (Wildman–Crippen MR) is 93.4 cm³/mol. The van der Waals surface area contributed by atoms with Gasteiger partial charge in [0.1, 0.15) is 18.4 Å². The van der Waals surface area contributed by atoms with Crippen LogP contribution in [0.5, 0.6) is 0 Å². The van der Waals surface area contributed by atoms with Crippen LogP contribution in [0.15, 0.2) is 48.1 Å². The van der Waals surface area contributed by atoms with Crippen molar-refractivity contribution in [1.82, 2.24) is 15.3 Å². The molecule has 3 rings (SSSR count). The van der Waals surface area contributed by atoms with Gasteiger partial charge in [-0.2, -0.15) is 0 Å². The Morgan fingerprint density at radius 3 is 2.96 bits per heavy atom. The number of aliphatic hydroxyl groups is 1. The summed E-state index contributed by atoms with van der Waals surface area (Å²) < 4.78 is 13.5. The molecule has 2 unspecified atom stereocenters. The van der Waals surface area contributed by atoms with E-state index in [1.165, 1.54) is 6.33 Å². The van der Waals surface area contributed by atoms with Crippen molar-refractivity contribution in [1.29, 1.82) is 0 Å². The van der Waals surface area contributed by atoms with E-state index < -0.39 is 6.23 Å². The summed E-state index contributed by atoms with van der Waals surface area (Å²) in [6.07, 6.45) is 5.72. The van der Waals surface area contributed by atoms with Crippen molar-refractivity contribution in [2.75, 3.05) is 7.05 Å². The number of halogens is 2. The summed E-state index contributed by atoms with van der Waals surface area (Å²) in [7, 11) is 1.69. The Morgan fingerprint density at radius 2 is 2.21 bits per heavy atom. The number of para-hydroxylation sites is 1. The molecule has 0 aliphatic heterocycles. The zero-order valence-electron chi connectivity index (χ0n) is 13.3. The molecule has 2 atom stereocenters. The molecule has 1 aliphatic rings. The molecule has 1 heterocycles. The lowest BCUT2D eigenvalue weighted by atomic mass is 9.99. The highest BCUT2D eigenvalue weighted by molar-refractivity contribution is 6.22. The van der Waals surface area contributed by atoms with Gasteiger partial charge in [-0.1, -0.05) is 24.3 Å². The lowest BCUT2D eigenvalue weighted by molar-refractivity contribution is 0.150. The fourth-order valence-corrected chi connectivity index (χ4v) is 3.25. The second-order valence-electron chi connectivity index (χ2n) is 5.81. The molecule has 126 valence electrons. The summed E-state index contributed by atoms with van der Waals surface area (Å²) >= 11 is 6.04. The van der Waals surface area contributed by atoms with E-state index in [0.29, 0.717) is 18.4 Å². The number of aliphatic hydroxyl groups excluding tert-OH is 1. The Balaban J connectivity index is 1.88. The first-order valence-corrected chi connectivity index (χ1v) is 8.31. The Hall–Kier alpha value is -1.82. The number of rotatable bonds is 5. The van der Waals surface area contributed by atoms with Crippen LogP contribution < -0.4 is 5.32 Å². The average molecular weight is 348 g/mol. The highest BCUT2D eigenvalue weighted by Crippen LogP contribution is 2.27. The van der Waals surface area contributed by atoms with Crippen molar-refractivity contribution in [3.63, 3.8) is 0 Å². The first kappa shape index (κ1) is 17.0. The van der Waals surface area contributed by atoms with Crippen LogP contribution in [0.25, 0.3) is 10.9 Å². The van der Waals surface area contributed by atoms with Gasteiger partial charge in [0.25, 0.3) is 0 Å². The maximum Gasteiger partial charge on any atom is 0.132 e. The van der Waals surface area contributed by atoms with E-state index in [1.54, 1.807) is 13.1 Å². The average Bonchev–Trinajstić information content (AvgIpc) is 2.58. The van der Waals surface area contributed by atoms with Gasteiger partial charge >= 0.3 is 0 Å². The number of aromatic nitrogens is 2. The van der Waals surface area contributed by atoms with Crippen molar-refractivity contribution in [2.45, 2.75) is 30.9 Å². The zero-order chi connectivity index (χ0) is 17.1. The van der Waals surface area contributed by atoms with Gasteiger partial charge in [0.2, 0.25) is 0 Å². The first-order chi connectivity index (χ1) is 11.6. The summed E-state index contributed by atoms with van der Waals surface area (Å²) in [5.74, 6) is -0.181. The Bertz CT molecular complexity index is 806. The Kier molecular flexibility index (Phi) is 5.23. The number of hydrogen-bond donors (Lipinski definition) is 2. The topological polar surface area (TPSA) is 58.0 Å². The van der Waals surface area contributed by atoms with E-state index in [-0.39, 0.29) is 17.6 Å². The molecular formula is C18H19ClFN3O. The molecule has 24 heavy (non-hydrogen) atoms. The third-order valence-corrected chi connectivity index (χ3v) is 4.40. The molecule has 1 aromatic carbocycles. The number of nitrogens with zero attached hydrogens (tertiary/aromatic N) is 2. The van der Waals surface area contributed by atoms with E-state index >= 15 is 0 Å². The number of hydrogen-bond acceptors (Lipinski definition) is 4. The monoisotopic (exact) mass is 347 g/mol. The minimum absolute atomic E-state index is 0.181. The van der Waals surface area contributed by atoms with Gasteiger partial charge in [0.05, 0.1) is 16.6 Å². The number of aryl methyl sites for hydroxylation is 1. The molecule has 6 heteroatoms. The third kappa shape index (κ3) is 3.64. The van der Waals surface area contributed by atoms with Crippen LogP contribution in [-0.2, 0) is 6.42 Å². The van der Waals surface area contributed by atoms with E-state index in [2.05, 4.69) is 15.3 Å². The number of fused-ring (bicyclic) bond motifs is 1. The van der Waals surface area contributed by atoms with Crippen LogP contribution in [0, 0.1) is 0 Å². The third-order valence-electron chi connectivity index (χ3n) is 4.12. The summed E-state index contributed by atoms with van der Waals surface area (Å²) in [4.78, 5) is 8.68. The standard InChI is InChI=1S/C18H19ClFN3O/c1-21-18(24)15-4-2-3-14-16(22-10-23-17(14)15)6-5-11-7-12(19)9-13(20)8-11/h2-4,7-8,10,12,18,21,24H,5-6,9H2,1H3. The van der Waals surface area contributed by atoms with Crippen molar-refractivity contribution in [2.24, 2.45) is 0 Å². The van der Waals surface area contributed by atoms with Gasteiger partial charge in [-0.25, -0.2) is 14.4 Å². The number of alkyl halides is 1. The highest BCUT2D eigenvalue weighted by atomic mass is 35.5. The number of benzene rings is 1. The summed E-state index contributed by atoms with van der Waals surface area (Å²) in [5, 5.41) is 13.5. The lowest BCUT2D eigenvalue weighted by Gasteiger charge is -2.15. The molecule has 0 spiro atoms. The minimum Gasteiger partial charge on any atom is -0.374 e. The molecule has 0 saturated heterocycles. The van der Waals surface area contributed by atoms with Crippen LogP contribution in [0.2, 0.25) is 0 Å². The van der Waals surface area contributed by atoms with E-state index in [1.807, 2.05) is 24.3 Å². The van der Waals surface area contributed by atoms with Gasteiger partial charge in [0.15, 0.2) is 0 Å². The molecule has 2 aromatic rings. The molecule has 0 amide bonds. The fourth-order valence-electron chi connectivity index (χ4n) is 2.94.